The number of carbonyl (C=O) groups is 1. The number of hydrazone groups is 1. The molecule has 0 aliphatic rings. The second kappa shape index (κ2) is 5.40. The fourth-order valence-electron chi connectivity index (χ4n) is 0.802. The van der Waals surface area contributed by atoms with Crippen LogP contribution in [0.3, 0.4) is 0 Å². The van der Waals surface area contributed by atoms with Gasteiger partial charge >= 0.3 is 6.03 Å². The van der Waals surface area contributed by atoms with E-state index < -0.39 is 11.8 Å². The maximum absolute atomic E-state index is 13.1. The summed E-state index contributed by atoms with van der Waals surface area (Å²) in [6.07, 6.45) is 1.32. The number of carbonyl (C=O) groups excluding carboxylic acids is 1. The summed E-state index contributed by atoms with van der Waals surface area (Å²) < 4.78 is 14.3. The Morgan fingerprint density at radius 1 is 1.67 bits per heavy atom. The highest BCUT2D eigenvalue weighted by atomic mass is 127. The number of urea groups is 1. The summed E-state index contributed by atoms with van der Waals surface area (Å²) in [5.74, 6) is -0.393. The van der Waals surface area contributed by atoms with Gasteiger partial charge in [-0.15, -0.1) is 0 Å². The zero-order valence-corrected chi connectivity index (χ0v) is 11.0. The van der Waals surface area contributed by atoms with Crippen LogP contribution in [0, 0.1) is 9.39 Å². The van der Waals surface area contributed by atoms with Crippen molar-refractivity contribution in [1.29, 1.82) is 0 Å². The van der Waals surface area contributed by atoms with E-state index in [1.807, 2.05) is 28.0 Å². The van der Waals surface area contributed by atoms with Gasteiger partial charge < -0.3 is 5.73 Å². The molecule has 80 valence electrons. The van der Waals surface area contributed by atoms with Gasteiger partial charge in [0, 0.05) is 9.13 Å². The predicted molar refractivity (Wildman–Crippen MR) is 67.1 cm³/mol. The summed E-state index contributed by atoms with van der Waals surface area (Å²) in [5.41, 5.74) is 7.39. The average Bonchev–Trinajstić information content (AvgIpc) is 2.13. The molecule has 3 N–H and O–H groups in total. The van der Waals surface area contributed by atoms with E-state index in [1.54, 1.807) is 6.07 Å². The molecule has 0 spiro atoms. The Labute approximate surface area is 107 Å². The molecule has 1 rings (SSSR count). The highest BCUT2D eigenvalue weighted by Crippen LogP contribution is 2.21. The van der Waals surface area contributed by atoms with Gasteiger partial charge in [-0.2, -0.15) is 5.10 Å². The van der Waals surface area contributed by atoms with E-state index in [4.69, 9.17) is 5.73 Å². The summed E-state index contributed by atoms with van der Waals surface area (Å²) in [7, 11) is 0. The molecule has 0 heterocycles. The minimum atomic E-state index is -0.765. The third-order valence-corrected chi connectivity index (χ3v) is 2.96. The number of hydrogen-bond acceptors (Lipinski definition) is 2. The maximum Gasteiger partial charge on any atom is 0.332 e. The lowest BCUT2D eigenvalue weighted by Crippen LogP contribution is -2.24. The molecule has 0 fully saturated rings. The van der Waals surface area contributed by atoms with E-state index in [0.29, 0.717) is 10.0 Å². The van der Waals surface area contributed by atoms with Gasteiger partial charge in [-0.3, -0.25) is 0 Å². The Balaban J connectivity index is 2.90. The first kappa shape index (κ1) is 12.4. The predicted octanol–water partition coefficient (Wildman–Crippen LogP) is 2.20. The van der Waals surface area contributed by atoms with Crippen LogP contribution in [0.15, 0.2) is 21.7 Å². The Morgan fingerprint density at radius 3 is 2.93 bits per heavy atom. The van der Waals surface area contributed by atoms with Crippen LogP contribution in [0.1, 0.15) is 5.56 Å². The Kier molecular flexibility index (Phi) is 4.45. The van der Waals surface area contributed by atoms with Gasteiger partial charge in [-0.25, -0.2) is 14.6 Å². The van der Waals surface area contributed by atoms with Crippen molar-refractivity contribution < 1.29 is 9.18 Å². The molecule has 4 nitrogen and oxygen atoms in total. The SMILES string of the molecule is NC(=O)NN=Cc1cc(F)c(Br)cc1I. The van der Waals surface area contributed by atoms with Crippen LogP contribution in [-0.2, 0) is 0 Å². The molecular formula is C8H6BrFIN3O. The first-order chi connectivity index (χ1) is 7.00. The third-order valence-electron chi connectivity index (χ3n) is 1.42. The summed E-state index contributed by atoms with van der Waals surface area (Å²) in [4.78, 5) is 10.3. The maximum atomic E-state index is 13.1. The van der Waals surface area contributed by atoms with E-state index in [1.165, 1.54) is 12.3 Å². The Morgan fingerprint density at radius 2 is 2.33 bits per heavy atom. The Hall–Kier alpha value is -0.700. The lowest BCUT2D eigenvalue weighted by molar-refractivity contribution is 0.249. The van der Waals surface area contributed by atoms with E-state index in [9.17, 15) is 9.18 Å². The topological polar surface area (TPSA) is 67.5 Å². The molecule has 0 aliphatic heterocycles. The molecular weight excluding hydrogens is 380 g/mol. The number of nitrogens with zero attached hydrogens (tertiary/aromatic N) is 1. The lowest BCUT2D eigenvalue weighted by atomic mass is 10.2. The monoisotopic (exact) mass is 385 g/mol. The lowest BCUT2D eigenvalue weighted by Gasteiger charge is -2.00. The van der Waals surface area contributed by atoms with Crippen molar-refractivity contribution >= 4 is 50.8 Å². The van der Waals surface area contributed by atoms with Crippen molar-refractivity contribution in [2.75, 3.05) is 0 Å². The molecule has 1 aromatic rings. The fraction of sp³-hybridized carbons (Fsp3) is 0. The van der Waals surface area contributed by atoms with Gasteiger partial charge in [-0.1, -0.05) is 0 Å². The van der Waals surface area contributed by atoms with Crippen LogP contribution >= 0.6 is 38.5 Å². The number of benzene rings is 1. The van der Waals surface area contributed by atoms with Crippen molar-refractivity contribution in [3.05, 3.63) is 31.6 Å². The summed E-state index contributed by atoms with van der Waals surface area (Å²) >= 11 is 5.09. The fourth-order valence-corrected chi connectivity index (χ4v) is 2.18. The van der Waals surface area contributed by atoms with E-state index in [-0.39, 0.29) is 0 Å². The number of halogens is 3. The van der Waals surface area contributed by atoms with Crippen molar-refractivity contribution in [1.82, 2.24) is 5.43 Å². The molecule has 0 aromatic heterocycles. The molecule has 0 radical (unpaired) electrons. The second-order valence-corrected chi connectivity index (χ2v) is 4.54. The molecule has 2 amide bonds. The van der Waals surface area contributed by atoms with Gasteiger partial charge in [-0.05, 0) is 50.7 Å². The van der Waals surface area contributed by atoms with Gasteiger partial charge in [0.25, 0.3) is 0 Å². The summed E-state index contributed by atoms with van der Waals surface area (Å²) in [6, 6.07) is 2.15. The highest BCUT2D eigenvalue weighted by Gasteiger charge is 2.04. The smallest absolute Gasteiger partial charge is 0.332 e. The Bertz CT molecular complexity index is 425. The minimum Gasteiger partial charge on any atom is -0.350 e. The largest absolute Gasteiger partial charge is 0.350 e. The molecule has 1 aromatic carbocycles. The highest BCUT2D eigenvalue weighted by molar-refractivity contribution is 14.1. The van der Waals surface area contributed by atoms with Crippen LogP contribution < -0.4 is 11.2 Å². The second-order valence-electron chi connectivity index (χ2n) is 2.52. The van der Waals surface area contributed by atoms with E-state index >= 15 is 0 Å². The van der Waals surface area contributed by atoms with Crippen molar-refractivity contribution in [3.8, 4) is 0 Å². The van der Waals surface area contributed by atoms with Crippen LogP contribution in [0.4, 0.5) is 9.18 Å². The van der Waals surface area contributed by atoms with Gasteiger partial charge in [0.2, 0.25) is 0 Å². The summed E-state index contributed by atoms with van der Waals surface area (Å²) in [6.45, 7) is 0. The normalized spacial score (nSPS) is 10.6. The molecule has 0 atom stereocenters. The van der Waals surface area contributed by atoms with Crippen molar-refractivity contribution in [2.24, 2.45) is 10.8 Å². The van der Waals surface area contributed by atoms with Crippen molar-refractivity contribution in [3.63, 3.8) is 0 Å². The zero-order chi connectivity index (χ0) is 11.4. The number of primary amides is 1. The van der Waals surface area contributed by atoms with E-state index in [2.05, 4.69) is 21.0 Å². The quantitative estimate of drug-likeness (QED) is 0.348. The third kappa shape index (κ3) is 3.74. The number of hydrogen-bond donors (Lipinski definition) is 2. The molecule has 0 aliphatic carbocycles. The molecule has 0 bridgehead atoms. The van der Waals surface area contributed by atoms with Crippen molar-refractivity contribution in [2.45, 2.75) is 0 Å². The molecule has 15 heavy (non-hydrogen) atoms. The molecule has 0 unspecified atom stereocenters. The summed E-state index contributed by atoms with van der Waals surface area (Å²) in [5, 5.41) is 3.54. The first-order valence-corrected chi connectivity index (χ1v) is 5.61. The minimum absolute atomic E-state index is 0.381. The molecule has 0 saturated heterocycles. The van der Waals surface area contributed by atoms with Gasteiger partial charge in [0.05, 0.1) is 10.7 Å². The number of nitrogens with two attached hydrogens (primary N) is 1. The number of nitrogens with one attached hydrogen (secondary N) is 1. The van der Waals surface area contributed by atoms with Crippen LogP contribution in [-0.4, -0.2) is 12.2 Å². The van der Waals surface area contributed by atoms with Gasteiger partial charge in [0.1, 0.15) is 5.82 Å². The molecule has 0 saturated carbocycles. The zero-order valence-electron chi connectivity index (χ0n) is 7.30. The standard InChI is InChI=1S/C8H6BrFIN3O/c9-5-2-7(11)4(1-6(5)10)3-13-14-8(12)15/h1-3H,(H3,12,14,15). The van der Waals surface area contributed by atoms with E-state index in [0.717, 1.165) is 3.57 Å². The van der Waals surface area contributed by atoms with Crippen LogP contribution in [0.5, 0.6) is 0 Å². The number of amides is 2. The van der Waals surface area contributed by atoms with Gasteiger partial charge in [0.15, 0.2) is 0 Å². The number of rotatable bonds is 2. The van der Waals surface area contributed by atoms with Crippen LogP contribution in [0.25, 0.3) is 0 Å². The average molecular weight is 386 g/mol. The first-order valence-electron chi connectivity index (χ1n) is 3.73. The van der Waals surface area contributed by atoms with Crippen LogP contribution in [0.2, 0.25) is 0 Å². The molecule has 7 heteroatoms.